The largest absolute Gasteiger partial charge is 0.465 e. The Bertz CT molecular complexity index is 1020. The van der Waals surface area contributed by atoms with Crippen LogP contribution in [0.2, 0.25) is 0 Å². The van der Waals surface area contributed by atoms with Crippen molar-refractivity contribution in [2.45, 2.75) is 37.1 Å². The lowest BCUT2D eigenvalue weighted by molar-refractivity contribution is -0.156. The van der Waals surface area contributed by atoms with E-state index in [0.717, 1.165) is 37.2 Å². The van der Waals surface area contributed by atoms with Crippen molar-refractivity contribution in [2.75, 3.05) is 39.8 Å². The average molecular weight is 450 g/mol. The summed E-state index contributed by atoms with van der Waals surface area (Å²) in [5.41, 5.74) is 2.54. The van der Waals surface area contributed by atoms with Gasteiger partial charge in [0.2, 0.25) is 5.91 Å². The number of hydrogen-bond donors (Lipinski definition) is 1. The Hall–Kier alpha value is -2.74. The van der Waals surface area contributed by atoms with Gasteiger partial charge in [0.25, 0.3) is 0 Å². The number of likely N-dealkylation sites (tertiary alicyclic amines) is 1. The number of rotatable bonds is 5. The summed E-state index contributed by atoms with van der Waals surface area (Å²) in [5, 5.41) is 10.4. The van der Waals surface area contributed by atoms with Gasteiger partial charge in [-0.2, -0.15) is 0 Å². The van der Waals surface area contributed by atoms with Crippen LogP contribution in [-0.2, 0) is 22.5 Å². The van der Waals surface area contributed by atoms with Crippen LogP contribution in [0.25, 0.3) is 0 Å². The highest BCUT2D eigenvalue weighted by Gasteiger charge is 2.56. The molecule has 0 radical (unpaired) electrons. The molecular formula is C26H31N3O4. The summed E-state index contributed by atoms with van der Waals surface area (Å²) in [5.74, 6) is -0.172. The molecule has 5 rings (SSSR count). The van der Waals surface area contributed by atoms with E-state index in [-0.39, 0.29) is 29.6 Å². The zero-order valence-electron chi connectivity index (χ0n) is 19.0. The lowest BCUT2D eigenvalue weighted by atomic mass is 9.83. The summed E-state index contributed by atoms with van der Waals surface area (Å²) < 4.78 is 4.86. The second kappa shape index (κ2) is 8.89. The predicted octanol–water partition coefficient (Wildman–Crippen LogP) is 1.55. The number of ether oxygens (including phenoxy) is 1. The first-order valence-electron chi connectivity index (χ1n) is 11.6. The van der Waals surface area contributed by atoms with Gasteiger partial charge in [0.1, 0.15) is 0 Å². The van der Waals surface area contributed by atoms with Crippen LogP contribution < -0.4 is 0 Å². The molecule has 3 saturated heterocycles. The van der Waals surface area contributed by atoms with E-state index in [4.69, 9.17) is 4.74 Å². The molecule has 1 N–H and O–H groups in total. The predicted molar refractivity (Wildman–Crippen MR) is 124 cm³/mol. The quantitative estimate of drug-likeness (QED) is 0.699. The van der Waals surface area contributed by atoms with E-state index >= 15 is 0 Å². The molecule has 2 aromatic rings. The Morgan fingerprint density at radius 1 is 1.03 bits per heavy atom. The smallest absolute Gasteiger partial charge is 0.337 e. The number of methoxy groups -OCH3 is 1. The van der Waals surface area contributed by atoms with Gasteiger partial charge in [0, 0.05) is 45.3 Å². The van der Waals surface area contributed by atoms with Crippen LogP contribution in [0.3, 0.4) is 0 Å². The molecule has 3 aliphatic heterocycles. The van der Waals surface area contributed by atoms with Crippen LogP contribution >= 0.6 is 0 Å². The van der Waals surface area contributed by atoms with Crippen molar-refractivity contribution in [1.29, 1.82) is 0 Å². The number of piperazine rings is 1. The van der Waals surface area contributed by atoms with E-state index in [1.54, 1.807) is 6.07 Å². The maximum absolute atomic E-state index is 12.9. The molecular weight excluding hydrogens is 418 g/mol. The van der Waals surface area contributed by atoms with Crippen LogP contribution in [0.4, 0.5) is 0 Å². The third-order valence-corrected chi connectivity index (χ3v) is 7.26. The van der Waals surface area contributed by atoms with E-state index in [1.807, 2.05) is 53.4 Å². The van der Waals surface area contributed by atoms with E-state index < -0.39 is 0 Å². The van der Waals surface area contributed by atoms with E-state index in [9.17, 15) is 14.7 Å². The second-order valence-electron chi connectivity index (χ2n) is 9.69. The lowest BCUT2D eigenvalue weighted by Gasteiger charge is -2.61. The SMILES string of the molecule is COC(=O)c1cccc(CN2C[C@@H]3C[C@@H](O)CN3C3(C2)CN(C(=O)Cc2ccccc2)C3)c1. The first-order valence-corrected chi connectivity index (χ1v) is 11.6. The number of hydrogen-bond acceptors (Lipinski definition) is 6. The molecule has 0 bridgehead atoms. The topological polar surface area (TPSA) is 73.3 Å². The molecule has 7 nitrogen and oxygen atoms in total. The summed E-state index contributed by atoms with van der Waals surface area (Å²) in [6.07, 6.45) is 0.870. The fourth-order valence-electron chi connectivity index (χ4n) is 5.81. The Morgan fingerprint density at radius 2 is 1.79 bits per heavy atom. The molecule has 2 aromatic carbocycles. The number of aliphatic hydroxyl groups excluding tert-OH is 1. The maximum atomic E-state index is 12.9. The van der Waals surface area contributed by atoms with Crippen molar-refractivity contribution in [3.05, 3.63) is 71.3 Å². The fourth-order valence-corrected chi connectivity index (χ4v) is 5.81. The van der Waals surface area contributed by atoms with Crippen LogP contribution in [0.15, 0.2) is 54.6 Å². The molecule has 33 heavy (non-hydrogen) atoms. The summed E-state index contributed by atoms with van der Waals surface area (Å²) in [6, 6.07) is 17.7. The average Bonchev–Trinajstić information content (AvgIpc) is 3.17. The maximum Gasteiger partial charge on any atom is 0.337 e. The number of amides is 1. The normalized spacial score (nSPS) is 24.4. The fraction of sp³-hybridized carbons (Fsp3) is 0.462. The monoisotopic (exact) mass is 449 g/mol. The summed E-state index contributed by atoms with van der Waals surface area (Å²) in [7, 11) is 1.39. The van der Waals surface area contributed by atoms with Gasteiger partial charge in [0.15, 0.2) is 0 Å². The lowest BCUT2D eigenvalue weighted by Crippen LogP contribution is -2.78. The molecule has 0 aliphatic carbocycles. The van der Waals surface area contributed by atoms with Crippen LogP contribution in [-0.4, -0.2) is 89.2 Å². The van der Waals surface area contributed by atoms with Crippen LogP contribution in [0, 0.1) is 0 Å². The highest BCUT2D eigenvalue weighted by Crippen LogP contribution is 2.39. The zero-order valence-corrected chi connectivity index (χ0v) is 19.0. The first-order chi connectivity index (χ1) is 16.0. The van der Waals surface area contributed by atoms with Gasteiger partial charge in [-0.3, -0.25) is 14.6 Å². The third-order valence-electron chi connectivity index (χ3n) is 7.26. The van der Waals surface area contributed by atoms with Crippen molar-refractivity contribution in [3.8, 4) is 0 Å². The van der Waals surface area contributed by atoms with E-state index in [0.29, 0.717) is 31.6 Å². The summed E-state index contributed by atoms with van der Waals surface area (Å²) in [4.78, 5) is 31.6. The molecule has 3 aliphatic rings. The molecule has 2 atom stereocenters. The van der Waals surface area contributed by atoms with Crippen molar-refractivity contribution >= 4 is 11.9 Å². The number of benzene rings is 2. The number of esters is 1. The van der Waals surface area contributed by atoms with Crippen molar-refractivity contribution in [3.63, 3.8) is 0 Å². The number of aliphatic hydroxyl groups is 1. The minimum Gasteiger partial charge on any atom is -0.465 e. The number of fused-ring (bicyclic) bond motifs is 2. The molecule has 0 unspecified atom stereocenters. The Kier molecular flexibility index (Phi) is 5.95. The van der Waals surface area contributed by atoms with Gasteiger partial charge in [0.05, 0.1) is 30.7 Å². The van der Waals surface area contributed by atoms with Gasteiger partial charge < -0.3 is 14.7 Å². The Balaban J connectivity index is 1.28. The Morgan fingerprint density at radius 3 is 2.55 bits per heavy atom. The first kappa shape index (κ1) is 22.1. The minimum atomic E-state index is -0.330. The standard InChI is InChI=1S/C26H31N3O4/c1-33-25(32)21-9-5-8-20(10-21)13-27-14-22-12-23(30)15-29(22)26(16-27)17-28(18-26)24(31)11-19-6-3-2-4-7-19/h2-10,22-23,30H,11-18H2,1H3/t22-,23+/m0/s1. The summed E-state index contributed by atoms with van der Waals surface area (Å²) in [6.45, 7) is 4.51. The van der Waals surface area contributed by atoms with Gasteiger partial charge in [-0.15, -0.1) is 0 Å². The third kappa shape index (κ3) is 4.40. The number of carbonyl (C=O) groups is 2. The molecule has 174 valence electrons. The van der Waals surface area contributed by atoms with E-state index in [2.05, 4.69) is 9.80 Å². The molecule has 3 heterocycles. The van der Waals surface area contributed by atoms with Gasteiger partial charge in [-0.1, -0.05) is 42.5 Å². The van der Waals surface area contributed by atoms with Gasteiger partial charge in [-0.25, -0.2) is 4.79 Å². The molecule has 1 amide bonds. The summed E-state index contributed by atoms with van der Waals surface area (Å²) >= 11 is 0. The highest BCUT2D eigenvalue weighted by molar-refractivity contribution is 5.89. The van der Waals surface area contributed by atoms with Crippen LogP contribution in [0.1, 0.15) is 27.9 Å². The van der Waals surface area contributed by atoms with Crippen molar-refractivity contribution in [1.82, 2.24) is 14.7 Å². The highest BCUT2D eigenvalue weighted by atomic mass is 16.5. The van der Waals surface area contributed by atoms with E-state index in [1.165, 1.54) is 7.11 Å². The Labute approximate surface area is 194 Å². The molecule has 1 spiro atoms. The number of nitrogens with zero attached hydrogens (tertiary/aromatic N) is 3. The van der Waals surface area contributed by atoms with Gasteiger partial charge in [-0.05, 0) is 29.7 Å². The molecule has 0 aromatic heterocycles. The number of carbonyl (C=O) groups excluding carboxylic acids is 2. The second-order valence-corrected chi connectivity index (χ2v) is 9.69. The van der Waals surface area contributed by atoms with Crippen molar-refractivity contribution in [2.24, 2.45) is 0 Å². The van der Waals surface area contributed by atoms with Crippen LogP contribution in [0.5, 0.6) is 0 Å². The zero-order chi connectivity index (χ0) is 23.0. The molecule has 0 saturated carbocycles. The number of β-amino-alcohol motifs (C(OH)–C–C–N with tert-alkyl or cyclic N) is 1. The minimum absolute atomic E-state index is 0.118. The molecule has 3 fully saturated rings. The molecule has 7 heteroatoms. The van der Waals surface area contributed by atoms with Crippen molar-refractivity contribution < 1.29 is 19.4 Å². The van der Waals surface area contributed by atoms with Gasteiger partial charge >= 0.3 is 5.97 Å².